The summed E-state index contributed by atoms with van der Waals surface area (Å²) < 4.78 is 10.9. The standard InChI is InChI=1S/C20H20ClN3O3S/c1-11(2)27-19-15(21)8-13(9-22-19)18(25)24-20-23-16(10-28-20)14-7-12(3)5-6-17(14)26-4/h5-11H,1-4H3,(H,23,24,25). The van der Waals surface area contributed by atoms with Gasteiger partial charge in [-0.25, -0.2) is 9.97 Å². The number of benzene rings is 1. The van der Waals surface area contributed by atoms with Crippen molar-refractivity contribution in [3.63, 3.8) is 0 Å². The van der Waals surface area contributed by atoms with E-state index in [1.165, 1.54) is 23.6 Å². The highest BCUT2D eigenvalue weighted by molar-refractivity contribution is 7.14. The Hall–Kier alpha value is -2.64. The Bertz CT molecular complexity index is 1000. The van der Waals surface area contributed by atoms with Crippen LogP contribution in [0.25, 0.3) is 11.3 Å². The van der Waals surface area contributed by atoms with E-state index in [0.29, 0.717) is 16.6 Å². The summed E-state index contributed by atoms with van der Waals surface area (Å²) >= 11 is 7.49. The molecule has 3 aromatic rings. The van der Waals surface area contributed by atoms with E-state index in [2.05, 4.69) is 15.3 Å². The van der Waals surface area contributed by atoms with Crippen LogP contribution in [0.1, 0.15) is 29.8 Å². The fourth-order valence-electron chi connectivity index (χ4n) is 2.51. The van der Waals surface area contributed by atoms with E-state index in [9.17, 15) is 4.79 Å². The number of rotatable bonds is 6. The van der Waals surface area contributed by atoms with Gasteiger partial charge in [0, 0.05) is 17.1 Å². The molecule has 0 bridgehead atoms. The summed E-state index contributed by atoms with van der Waals surface area (Å²) in [7, 11) is 1.62. The maximum atomic E-state index is 12.5. The molecule has 1 aromatic carbocycles. The third-order valence-electron chi connectivity index (χ3n) is 3.77. The van der Waals surface area contributed by atoms with Crippen molar-refractivity contribution in [3.05, 3.63) is 52.0 Å². The molecule has 0 atom stereocenters. The number of pyridine rings is 1. The number of carbonyl (C=O) groups is 1. The number of halogens is 1. The molecule has 0 aliphatic carbocycles. The van der Waals surface area contributed by atoms with Crippen LogP contribution in [-0.2, 0) is 0 Å². The lowest BCUT2D eigenvalue weighted by Crippen LogP contribution is -2.13. The average Bonchev–Trinajstić information content (AvgIpc) is 3.11. The third-order valence-corrected chi connectivity index (χ3v) is 4.80. The number of aryl methyl sites for hydroxylation is 1. The van der Waals surface area contributed by atoms with Gasteiger partial charge in [0.05, 0.1) is 24.5 Å². The lowest BCUT2D eigenvalue weighted by atomic mass is 10.1. The molecule has 8 heteroatoms. The number of carbonyl (C=O) groups excluding carboxylic acids is 1. The molecule has 0 saturated carbocycles. The van der Waals surface area contributed by atoms with Gasteiger partial charge in [-0.15, -0.1) is 11.3 Å². The lowest BCUT2D eigenvalue weighted by molar-refractivity contribution is 0.102. The minimum Gasteiger partial charge on any atom is -0.496 e. The summed E-state index contributed by atoms with van der Waals surface area (Å²) in [5, 5.41) is 5.41. The number of thiazole rings is 1. The van der Waals surface area contributed by atoms with Crippen molar-refractivity contribution in [3.8, 4) is 22.9 Å². The maximum Gasteiger partial charge on any atom is 0.259 e. The molecular formula is C20H20ClN3O3S. The molecule has 0 aliphatic heterocycles. The predicted octanol–water partition coefficient (Wildman–Crippen LogP) is 5.22. The van der Waals surface area contributed by atoms with E-state index in [0.717, 1.165) is 22.6 Å². The first-order valence-corrected chi connectivity index (χ1v) is 9.87. The minimum absolute atomic E-state index is 0.0583. The molecule has 1 amide bonds. The zero-order valence-corrected chi connectivity index (χ0v) is 17.5. The van der Waals surface area contributed by atoms with E-state index in [1.54, 1.807) is 7.11 Å². The molecule has 0 saturated heterocycles. The van der Waals surface area contributed by atoms with Crippen molar-refractivity contribution in [1.29, 1.82) is 0 Å². The van der Waals surface area contributed by atoms with E-state index >= 15 is 0 Å². The van der Waals surface area contributed by atoms with Gasteiger partial charge in [0.15, 0.2) is 5.13 Å². The zero-order valence-electron chi connectivity index (χ0n) is 15.9. The molecule has 28 heavy (non-hydrogen) atoms. The Kier molecular flexibility index (Phi) is 6.16. The molecule has 0 spiro atoms. The van der Waals surface area contributed by atoms with E-state index in [1.807, 2.05) is 44.4 Å². The second kappa shape index (κ2) is 8.58. The fourth-order valence-corrected chi connectivity index (χ4v) is 3.42. The van der Waals surface area contributed by atoms with Crippen molar-refractivity contribution >= 4 is 34.0 Å². The van der Waals surface area contributed by atoms with Crippen molar-refractivity contribution < 1.29 is 14.3 Å². The molecule has 6 nitrogen and oxygen atoms in total. The van der Waals surface area contributed by atoms with Crippen molar-refractivity contribution in [2.75, 3.05) is 12.4 Å². The normalized spacial score (nSPS) is 10.8. The average molecular weight is 418 g/mol. The second-order valence-electron chi connectivity index (χ2n) is 6.37. The fraction of sp³-hybridized carbons (Fsp3) is 0.250. The molecule has 0 radical (unpaired) electrons. The molecule has 0 fully saturated rings. The summed E-state index contributed by atoms with van der Waals surface area (Å²) in [4.78, 5) is 21.1. The summed E-state index contributed by atoms with van der Waals surface area (Å²) in [5.41, 5.74) is 3.03. The monoisotopic (exact) mass is 417 g/mol. The van der Waals surface area contributed by atoms with Crippen LogP contribution in [0.5, 0.6) is 11.6 Å². The van der Waals surface area contributed by atoms with Crippen LogP contribution in [0, 0.1) is 6.92 Å². The number of hydrogen-bond donors (Lipinski definition) is 1. The largest absolute Gasteiger partial charge is 0.496 e. The number of nitrogens with one attached hydrogen (secondary N) is 1. The number of amides is 1. The van der Waals surface area contributed by atoms with Gasteiger partial charge in [0.1, 0.15) is 10.8 Å². The molecule has 1 N–H and O–H groups in total. The number of ether oxygens (including phenoxy) is 2. The number of hydrogen-bond acceptors (Lipinski definition) is 6. The highest BCUT2D eigenvalue weighted by Crippen LogP contribution is 2.33. The van der Waals surface area contributed by atoms with Crippen molar-refractivity contribution in [2.45, 2.75) is 26.9 Å². The Morgan fingerprint density at radius 1 is 1.29 bits per heavy atom. The van der Waals surface area contributed by atoms with Crippen LogP contribution in [0.15, 0.2) is 35.8 Å². The van der Waals surface area contributed by atoms with E-state index in [-0.39, 0.29) is 17.0 Å². The quantitative estimate of drug-likeness (QED) is 0.595. The number of aromatic nitrogens is 2. The van der Waals surface area contributed by atoms with Crippen LogP contribution in [0.2, 0.25) is 5.02 Å². The van der Waals surface area contributed by atoms with Crippen molar-refractivity contribution in [2.24, 2.45) is 0 Å². The van der Waals surface area contributed by atoms with E-state index in [4.69, 9.17) is 21.1 Å². The Morgan fingerprint density at radius 2 is 2.07 bits per heavy atom. The zero-order chi connectivity index (χ0) is 20.3. The first kappa shape index (κ1) is 20.1. The first-order valence-electron chi connectivity index (χ1n) is 8.61. The third kappa shape index (κ3) is 4.61. The Balaban J connectivity index is 1.78. The molecule has 2 aromatic heterocycles. The summed E-state index contributed by atoms with van der Waals surface area (Å²) in [6, 6.07) is 7.40. The van der Waals surface area contributed by atoms with Crippen LogP contribution < -0.4 is 14.8 Å². The number of methoxy groups -OCH3 is 1. The van der Waals surface area contributed by atoms with Gasteiger partial charge in [-0.3, -0.25) is 10.1 Å². The maximum absolute atomic E-state index is 12.5. The highest BCUT2D eigenvalue weighted by Gasteiger charge is 2.15. The van der Waals surface area contributed by atoms with Gasteiger partial charge in [-0.05, 0) is 39.0 Å². The summed E-state index contributed by atoms with van der Waals surface area (Å²) in [6.45, 7) is 5.76. The molecule has 146 valence electrons. The minimum atomic E-state index is -0.345. The van der Waals surface area contributed by atoms with Gasteiger partial charge < -0.3 is 9.47 Å². The van der Waals surface area contributed by atoms with Crippen LogP contribution in [-0.4, -0.2) is 29.1 Å². The van der Waals surface area contributed by atoms with Crippen LogP contribution in [0.3, 0.4) is 0 Å². The Labute approximate surface area is 172 Å². The van der Waals surface area contributed by atoms with Gasteiger partial charge >= 0.3 is 0 Å². The van der Waals surface area contributed by atoms with E-state index < -0.39 is 0 Å². The highest BCUT2D eigenvalue weighted by atomic mass is 35.5. The second-order valence-corrected chi connectivity index (χ2v) is 7.64. The molecule has 0 aliphatic rings. The van der Waals surface area contributed by atoms with Gasteiger partial charge in [0.2, 0.25) is 5.88 Å². The number of nitrogens with zero attached hydrogens (tertiary/aromatic N) is 2. The summed E-state index contributed by atoms with van der Waals surface area (Å²) in [5.74, 6) is 0.685. The summed E-state index contributed by atoms with van der Waals surface area (Å²) in [6.07, 6.45) is 1.37. The Morgan fingerprint density at radius 3 is 2.75 bits per heavy atom. The molecule has 3 rings (SSSR count). The van der Waals surface area contributed by atoms with Crippen LogP contribution >= 0.6 is 22.9 Å². The van der Waals surface area contributed by atoms with Crippen LogP contribution in [0.4, 0.5) is 5.13 Å². The molecular weight excluding hydrogens is 398 g/mol. The lowest BCUT2D eigenvalue weighted by Gasteiger charge is -2.10. The van der Waals surface area contributed by atoms with Gasteiger partial charge in [-0.2, -0.15) is 0 Å². The van der Waals surface area contributed by atoms with Gasteiger partial charge in [0.25, 0.3) is 5.91 Å². The topological polar surface area (TPSA) is 73.3 Å². The molecule has 0 unspecified atom stereocenters. The predicted molar refractivity (Wildman–Crippen MR) is 112 cm³/mol. The number of anilines is 1. The van der Waals surface area contributed by atoms with Gasteiger partial charge in [-0.1, -0.05) is 23.2 Å². The SMILES string of the molecule is COc1ccc(C)cc1-c1csc(NC(=O)c2cnc(OC(C)C)c(Cl)c2)n1. The first-order chi connectivity index (χ1) is 13.4. The van der Waals surface area contributed by atoms with Crippen molar-refractivity contribution in [1.82, 2.24) is 9.97 Å². The molecule has 2 heterocycles. The smallest absolute Gasteiger partial charge is 0.259 e.